The van der Waals surface area contributed by atoms with Crippen molar-refractivity contribution in [1.82, 2.24) is 4.90 Å². The monoisotopic (exact) mass is 451 g/mol. The van der Waals surface area contributed by atoms with E-state index in [9.17, 15) is 0 Å². The van der Waals surface area contributed by atoms with Gasteiger partial charge in [0, 0.05) is 42.8 Å². The maximum absolute atomic E-state index is 6.39. The number of rotatable bonds is 9. The van der Waals surface area contributed by atoms with Gasteiger partial charge in [-0.2, -0.15) is 0 Å². The van der Waals surface area contributed by atoms with E-state index >= 15 is 0 Å². The number of methoxy groups -OCH3 is 2. The number of hydrogen-bond donors (Lipinski definition) is 0. The minimum absolute atomic E-state index is 0.0386. The van der Waals surface area contributed by atoms with E-state index in [2.05, 4.69) is 24.0 Å². The van der Waals surface area contributed by atoms with Crippen LogP contribution >= 0.6 is 23.2 Å². The van der Waals surface area contributed by atoms with E-state index < -0.39 is 0 Å². The molecule has 1 heterocycles. The number of nitrogens with zero attached hydrogens (tertiary/aromatic N) is 1. The molecule has 0 N–H and O–H groups in total. The van der Waals surface area contributed by atoms with Crippen LogP contribution < -0.4 is 9.47 Å². The second-order valence-corrected chi connectivity index (χ2v) is 8.62. The predicted octanol–water partition coefficient (Wildman–Crippen LogP) is 5.97. The van der Waals surface area contributed by atoms with Crippen molar-refractivity contribution < 1.29 is 14.2 Å². The van der Waals surface area contributed by atoms with Crippen LogP contribution in [-0.2, 0) is 16.7 Å². The highest BCUT2D eigenvalue weighted by Crippen LogP contribution is 2.45. The zero-order valence-corrected chi connectivity index (χ0v) is 19.7. The van der Waals surface area contributed by atoms with Crippen molar-refractivity contribution in [2.75, 3.05) is 34.0 Å². The fraction of sp³-hybridized carbons (Fsp3) is 0.500. The van der Waals surface area contributed by atoms with Crippen molar-refractivity contribution in [2.45, 2.75) is 44.7 Å². The standard InChI is InChI=1S/C24H31Cl2NO3/c1-5-30-13-11-24(19-7-9-21(25)22(26)14-19)10-12-27(17(24)2)16-18-6-8-20(28-3)15-23(18)29-4/h6-9,14-15,17H,5,10-13,16H2,1-4H3. The van der Waals surface area contributed by atoms with Crippen LogP contribution in [0.25, 0.3) is 0 Å². The van der Waals surface area contributed by atoms with Gasteiger partial charge in [-0.15, -0.1) is 0 Å². The predicted molar refractivity (Wildman–Crippen MR) is 123 cm³/mol. The fourth-order valence-electron chi connectivity index (χ4n) is 4.58. The Labute approximate surface area is 190 Å². The lowest BCUT2D eigenvalue weighted by molar-refractivity contribution is 0.111. The SMILES string of the molecule is CCOCCC1(c2ccc(Cl)c(Cl)c2)CCN(Cc2ccc(OC)cc2OC)C1C. The van der Waals surface area contributed by atoms with Gasteiger partial charge in [0.25, 0.3) is 0 Å². The van der Waals surface area contributed by atoms with Crippen molar-refractivity contribution in [1.29, 1.82) is 0 Å². The maximum Gasteiger partial charge on any atom is 0.127 e. The van der Waals surface area contributed by atoms with Crippen LogP contribution in [0.5, 0.6) is 11.5 Å². The Hall–Kier alpha value is -1.46. The quantitative estimate of drug-likeness (QED) is 0.439. The number of ether oxygens (including phenoxy) is 3. The summed E-state index contributed by atoms with van der Waals surface area (Å²) in [5.74, 6) is 1.65. The molecule has 164 valence electrons. The third kappa shape index (κ3) is 4.72. The van der Waals surface area contributed by atoms with Gasteiger partial charge in [-0.25, -0.2) is 0 Å². The molecule has 1 fully saturated rings. The number of halogens is 2. The maximum atomic E-state index is 6.39. The van der Waals surface area contributed by atoms with Crippen LogP contribution in [0, 0.1) is 0 Å². The first-order valence-corrected chi connectivity index (χ1v) is 11.2. The van der Waals surface area contributed by atoms with Gasteiger partial charge >= 0.3 is 0 Å². The van der Waals surface area contributed by atoms with Gasteiger partial charge in [-0.1, -0.05) is 35.3 Å². The third-order valence-corrected chi connectivity index (χ3v) is 7.19. The number of benzene rings is 2. The van der Waals surface area contributed by atoms with Crippen molar-refractivity contribution in [3.8, 4) is 11.5 Å². The van der Waals surface area contributed by atoms with Gasteiger partial charge in [0.15, 0.2) is 0 Å². The molecule has 0 saturated carbocycles. The minimum atomic E-state index is -0.0386. The zero-order chi connectivity index (χ0) is 21.7. The summed E-state index contributed by atoms with van der Waals surface area (Å²) in [6.07, 6.45) is 1.98. The molecule has 4 nitrogen and oxygen atoms in total. The smallest absolute Gasteiger partial charge is 0.127 e. The summed E-state index contributed by atoms with van der Waals surface area (Å²) in [5.41, 5.74) is 2.34. The molecule has 0 amide bonds. The van der Waals surface area contributed by atoms with E-state index in [1.54, 1.807) is 14.2 Å². The highest BCUT2D eigenvalue weighted by atomic mass is 35.5. The highest BCUT2D eigenvalue weighted by molar-refractivity contribution is 6.42. The topological polar surface area (TPSA) is 30.9 Å². The van der Waals surface area contributed by atoms with Gasteiger partial charge in [0.05, 0.1) is 24.3 Å². The van der Waals surface area contributed by atoms with Gasteiger partial charge in [0.1, 0.15) is 11.5 Å². The molecule has 30 heavy (non-hydrogen) atoms. The highest BCUT2D eigenvalue weighted by Gasteiger charge is 2.45. The van der Waals surface area contributed by atoms with Crippen LogP contribution in [0.2, 0.25) is 10.0 Å². The van der Waals surface area contributed by atoms with Crippen molar-refractivity contribution in [2.24, 2.45) is 0 Å². The number of hydrogen-bond acceptors (Lipinski definition) is 4. The molecular weight excluding hydrogens is 421 g/mol. The molecule has 0 spiro atoms. The molecule has 0 radical (unpaired) electrons. The van der Waals surface area contributed by atoms with Gasteiger partial charge < -0.3 is 14.2 Å². The normalized spacial score (nSPS) is 21.7. The molecule has 1 aliphatic rings. The Kier molecular flexibility index (Phi) is 7.92. The van der Waals surface area contributed by atoms with E-state index in [4.69, 9.17) is 37.4 Å². The van der Waals surface area contributed by atoms with E-state index in [0.29, 0.717) is 16.1 Å². The van der Waals surface area contributed by atoms with E-state index in [1.165, 1.54) is 5.56 Å². The first-order chi connectivity index (χ1) is 14.4. The lowest BCUT2D eigenvalue weighted by Gasteiger charge is -2.37. The van der Waals surface area contributed by atoms with Crippen LogP contribution in [0.1, 0.15) is 37.8 Å². The zero-order valence-electron chi connectivity index (χ0n) is 18.2. The second-order valence-electron chi connectivity index (χ2n) is 7.81. The van der Waals surface area contributed by atoms with Crippen LogP contribution in [0.4, 0.5) is 0 Å². The Morgan fingerprint density at radius 1 is 1.07 bits per heavy atom. The Morgan fingerprint density at radius 2 is 1.87 bits per heavy atom. The summed E-state index contributed by atoms with van der Waals surface area (Å²) < 4.78 is 16.7. The Balaban J connectivity index is 1.88. The first-order valence-electron chi connectivity index (χ1n) is 10.4. The van der Waals surface area contributed by atoms with Gasteiger partial charge in [-0.3, -0.25) is 4.90 Å². The molecule has 3 rings (SSSR count). The van der Waals surface area contributed by atoms with Crippen LogP contribution in [0.3, 0.4) is 0 Å². The molecule has 1 aliphatic heterocycles. The van der Waals surface area contributed by atoms with E-state index in [1.807, 2.05) is 31.2 Å². The molecule has 1 saturated heterocycles. The summed E-state index contributed by atoms with van der Waals surface area (Å²) in [4.78, 5) is 2.51. The number of likely N-dealkylation sites (tertiary alicyclic amines) is 1. The molecule has 0 aromatic heterocycles. The summed E-state index contributed by atoms with van der Waals surface area (Å²) in [6, 6.07) is 12.4. The molecule has 0 bridgehead atoms. The largest absolute Gasteiger partial charge is 0.497 e. The molecule has 2 aromatic rings. The minimum Gasteiger partial charge on any atom is -0.497 e. The van der Waals surface area contributed by atoms with Gasteiger partial charge in [-0.05, 0) is 57.0 Å². The lowest BCUT2D eigenvalue weighted by atomic mass is 9.72. The average Bonchev–Trinajstić information content (AvgIpc) is 3.07. The lowest BCUT2D eigenvalue weighted by Crippen LogP contribution is -2.41. The Morgan fingerprint density at radius 3 is 2.53 bits per heavy atom. The van der Waals surface area contributed by atoms with Crippen LogP contribution in [0.15, 0.2) is 36.4 Å². The summed E-state index contributed by atoms with van der Waals surface area (Å²) >= 11 is 12.6. The van der Waals surface area contributed by atoms with Crippen LogP contribution in [-0.4, -0.2) is 44.9 Å². The van der Waals surface area contributed by atoms with Gasteiger partial charge in [0.2, 0.25) is 0 Å². The molecule has 0 aliphatic carbocycles. The Bertz CT molecular complexity index is 860. The molecule has 2 unspecified atom stereocenters. The second kappa shape index (κ2) is 10.2. The summed E-state index contributed by atoms with van der Waals surface area (Å²) in [5, 5.41) is 1.19. The van der Waals surface area contributed by atoms with Crippen molar-refractivity contribution in [3.05, 3.63) is 57.6 Å². The van der Waals surface area contributed by atoms with E-state index in [0.717, 1.165) is 56.2 Å². The molecule has 6 heteroatoms. The summed E-state index contributed by atoms with van der Waals surface area (Å²) in [6.45, 7) is 7.58. The molecular formula is C24H31Cl2NO3. The molecule has 2 atom stereocenters. The van der Waals surface area contributed by atoms with E-state index in [-0.39, 0.29) is 5.41 Å². The average molecular weight is 452 g/mol. The van der Waals surface area contributed by atoms with Crippen molar-refractivity contribution >= 4 is 23.2 Å². The molecule has 2 aromatic carbocycles. The fourth-order valence-corrected chi connectivity index (χ4v) is 4.88. The third-order valence-electron chi connectivity index (χ3n) is 6.45. The summed E-state index contributed by atoms with van der Waals surface area (Å²) in [7, 11) is 3.37. The first kappa shape index (κ1) is 23.2. The van der Waals surface area contributed by atoms with Crippen molar-refractivity contribution in [3.63, 3.8) is 0 Å².